The average molecular weight is 267 g/mol. The van der Waals surface area contributed by atoms with Crippen molar-refractivity contribution < 1.29 is 14.3 Å². The maximum absolute atomic E-state index is 10.9. The van der Waals surface area contributed by atoms with E-state index in [-0.39, 0.29) is 5.56 Å². The Bertz CT molecular complexity index is 772. The molecule has 20 heavy (non-hydrogen) atoms. The molecule has 4 heteroatoms. The molecule has 3 aromatic rings. The summed E-state index contributed by atoms with van der Waals surface area (Å²) < 4.78 is 5.62. The quantitative estimate of drug-likeness (QED) is 0.789. The van der Waals surface area contributed by atoms with Gasteiger partial charge in [-0.3, -0.25) is 0 Å². The Hall–Kier alpha value is -2.62. The van der Waals surface area contributed by atoms with E-state index in [2.05, 4.69) is 4.98 Å². The predicted molar refractivity (Wildman–Crippen MR) is 75.0 cm³/mol. The molecule has 0 saturated heterocycles. The van der Waals surface area contributed by atoms with Gasteiger partial charge >= 0.3 is 5.97 Å². The summed E-state index contributed by atoms with van der Waals surface area (Å²) in [7, 11) is 0. The first-order chi connectivity index (χ1) is 9.61. The Labute approximate surface area is 115 Å². The minimum atomic E-state index is -0.969. The lowest BCUT2D eigenvalue weighted by molar-refractivity contribution is 0.0697. The number of carbonyl (C=O) groups is 1. The molecule has 100 valence electrons. The second-order valence-corrected chi connectivity index (χ2v) is 4.76. The minimum absolute atomic E-state index is 0.204. The number of aromatic nitrogens is 1. The van der Waals surface area contributed by atoms with Crippen molar-refractivity contribution in [3.63, 3.8) is 0 Å². The van der Waals surface area contributed by atoms with Crippen molar-refractivity contribution in [2.45, 2.75) is 13.3 Å². The molecule has 0 aliphatic rings. The summed E-state index contributed by atoms with van der Waals surface area (Å²) in [5, 5.41) is 8.95. The monoisotopic (exact) mass is 267 g/mol. The Balaban J connectivity index is 1.92. The van der Waals surface area contributed by atoms with Crippen molar-refractivity contribution in [3.05, 3.63) is 65.0 Å². The van der Waals surface area contributed by atoms with E-state index in [1.165, 1.54) is 17.7 Å². The molecule has 0 unspecified atom stereocenters. The molecule has 0 amide bonds. The number of hydrogen-bond donors (Lipinski definition) is 1. The first kappa shape index (κ1) is 12.4. The number of oxazole rings is 1. The van der Waals surface area contributed by atoms with Crippen LogP contribution in [0.1, 0.15) is 27.4 Å². The zero-order valence-electron chi connectivity index (χ0n) is 11.0. The van der Waals surface area contributed by atoms with Gasteiger partial charge in [0.2, 0.25) is 0 Å². The molecular formula is C16H13NO3. The highest BCUT2D eigenvalue weighted by Crippen LogP contribution is 2.19. The molecule has 2 aromatic carbocycles. The minimum Gasteiger partial charge on any atom is -0.478 e. The normalized spacial score (nSPS) is 10.8. The summed E-state index contributed by atoms with van der Waals surface area (Å²) in [5.41, 5.74) is 3.71. The van der Waals surface area contributed by atoms with Gasteiger partial charge in [0.25, 0.3) is 0 Å². The number of aryl methyl sites for hydroxylation is 1. The molecular weight excluding hydrogens is 254 g/mol. The average Bonchev–Trinajstić information content (AvgIpc) is 2.82. The van der Waals surface area contributed by atoms with Gasteiger partial charge in [-0.15, -0.1) is 0 Å². The van der Waals surface area contributed by atoms with Crippen LogP contribution in [-0.4, -0.2) is 16.1 Å². The van der Waals surface area contributed by atoms with Crippen LogP contribution in [0.3, 0.4) is 0 Å². The standard InChI is InChI=1S/C16H13NO3/c1-10-2-4-11(5-3-10)8-15-17-13-7-6-12(16(18)19)9-14(13)20-15/h2-7,9H,8H2,1H3,(H,18,19). The molecule has 0 aliphatic carbocycles. The van der Waals surface area contributed by atoms with Crippen LogP contribution in [0.5, 0.6) is 0 Å². The van der Waals surface area contributed by atoms with Gasteiger partial charge in [0.15, 0.2) is 11.5 Å². The largest absolute Gasteiger partial charge is 0.478 e. The van der Waals surface area contributed by atoms with Crippen LogP contribution in [0.25, 0.3) is 11.1 Å². The lowest BCUT2D eigenvalue weighted by atomic mass is 10.1. The Morgan fingerprint density at radius 1 is 1.20 bits per heavy atom. The lowest BCUT2D eigenvalue weighted by Crippen LogP contribution is -1.94. The molecule has 0 bridgehead atoms. The number of rotatable bonds is 3. The zero-order chi connectivity index (χ0) is 14.1. The number of hydrogen-bond acceptors (Lipinski definition) is 3. The Kier molecular flexibility index (Phi) is 2.99. The maximum Gasteiger partial charge on any atom is 0.335 e. The third-order valence-corrected chi connectivity index (χ3v) is 3.16. The van der Waals surface area contributed by atoms with Crippen molar-refractivity contribution >= 4 is 17.1 Å². The third-order valence-electron chi connectivity index (χ3n) is 3.16. The maximum atomic E-state index is 10.9. The molecule has 0 spiro atoms. The number of carboxylic acids is 1. The molecule has 0 saturated carbocycles. The van der Waals surface area contributed by atoms with Gasteiger partial charge in [-0.2, -0.15) is 0 Å². The van der Waals surface area contributed by atoms with Crippen LogP contribution < -0.4 is 0 Å². The third kappa shape index (κ3) is 2.40. The van der Waals surface area contributed by atoms with Crippen molar-refractivity contribution in [1.29, 1.82) is 0 Å². The first-order valence-corrected chi connectivity index (χ1v) is 6.30. The van der Waals surface area contributed by atoms with Crippen LogP contribution in [0.15, 0.2) is 46.9 Å². The van der Waals surface area contributed by atoms with E-state index >= 15 is 0 Å². The van der Waals surface area contributed by atoms with E-state index in [0.717, 1.165) is 5.56 Å². The van der Waals surface area contributed by atoms with Gasteiger partial charge in [-0.25, -0.2) is 9.78 Å². The molecule has 0 atom stereocenters. The van der Waals surface area contributed by atoms with Crippen molar-refractivity contribution in [2.75, 3.05) is 0 Å². The van der Waals surface area contributed by atoms with Crippen molar-refractivity contribution in [3.8, 4) is 0 Å². The van der Waals surface area contributed by atoms with Crippen molar-refractivity contribution in [2.24, 2.45) is 0 Å². The van der Waals surface area contributed by atoms with Crippen molar-refractivity contribution in [1.82, 2.24) is 4.98 Å². The Morgan fingerprint density at radius 3 is 2.65 bits per heavy atom. The molecule has 0 aliphatic heterocycles. The van der Waals surface area contributed by atoms with Crippen LogP contribution in [-0.2, 0) is 6.42 Å². The molecule has 4 nitrogen and oxygen atoms in total. The summed E-state index contributed by atoms with van der Waals surface area (Å²) in [5.74, 6) is -0.380. The zero-order valence-corrected chi connectivity index (χ0v) is 11.0. The highest BCUT2D eigenvalue weighted by molar-refractivity contribution is 5.91. The van der Waals surface area contributed by atoms with Gasteiger partial charge < -0.3 is 9.52 Å². The lowest BCUT2D eigenvalue weighted by Gasteiger charge is -1.97. The Morgan fingerprint density at radius 2 is 1.95 bits per heavy atom. The first-order valence-electron chi connectivity index (χ1n) is 6.30. The van der Waals surface area contributed by atoms with E-state index in [1.54, 1.807) is 6.07 Å². The topological polar surface area (TPSA) is 63.3 Å². The molecule has 0 radical (unpaired) electrons. The number of fused-ring (bicyclic) bond motifs is 1. The second kappa shape index (κ2) is 4.81. The second-order valence-electron chi connectivity index (χ2n) is 4.76. The predicted octanol–water partition coefficient (Wildman–Crippen LogP) is 3.43. The fourth-order valence-electron chi connectivity index (χ4n) is 2.06. The van der Waals surface area contributed by atoms with E-state index in [9.17, 15) is 4.79 Å². The molecule has 1 heterocycles. The highest BCUT2D eigenvalue weighted by atomic mass is 16.4. The molecule has 3 rings (SSSR count). The summed E-state index contributed by atoms with van der Waals surface area (Å²) in [6.07, 6.45) is 0.595. The van der Waals surface area contributed by atoms with E-state index in [1.807, 2.05) is 31.2 Å². The van der Waals surface area contributed by atoms with Crippen LogP contribution >= 0.6 is 0 Å². The van der Waals surface area contributed by atoms with E-state index in [4.69, 9.17) is 9.52 Å². The number of benzene rings is 2. The fourth-order valence-corrected chi connectivity index (χ4v) is 2.06. The molecule has 0 fully saturated rings. The van der Waals surface area contributed by atoms with Gasteiger partial charge in [0, 0.05) is 6.42 Å². The SMILES string of the molecule is Cc1ccc(Cc2nc3ccc(C(=O)O)cc3o2)cc1. The summed E-state index contributed by atoms with van der Waals surface area (Å²) in [6, 6.07) is 12.9. The summed E-state index contributed by atoms with van der Waals surface area (Å²) in [4.78, 5) is 15.3. The van der Waals surface area contributed by atoms with Crippen LogP contribution in [0.2, 0.25) is 0 Å². The molecule has 1 aromatic heterocycles. The van der Waals surface area contributed by atoms with Crippen LogP contribution in [0, 0.1) is 6.92 Å². The smallest absolute Gasteiger partial charge is 0.335 e. The highest BCUT2D eigenvalue weighted by Gasteiger charge is 2.10. The van der Waals surface area contributed by atoms with Crippen LogP contribution in [0.4, 0.5) is 0 Å². The van der Waals surface area contributed by atoms with Gasteiger partial charge in [-0.05, 0) is 30.7 Å². The van der Waals surface area contributed by atoms with Gasteiger partial charge in [0.05, 0.1) is 5.56 Å². The number of aromatic carboxylic acids is 1. The van der Waals surface area contributed by atoms with E-state index in [0.29, 0.717) is 23.4 Å². The summed E-state index contributed by atoms with van der Waals surface area (Å²) >= 11 is 0. The summed E-state index contributed by atoms with van der Waals surface area (Å²) in [6.45, 7) is 2.04. The molecule has 1 N–H and O–H groups in total. The van der Waals surface area contributed by atoms with E-state index < -0.39 is 5.97 Å². The number of carboxylic acid groups (broad SMARTS) is 1. The van der Waals surface area contributed by atoms with Gasteiger partial charge in [-0.1, -0.05) is 29.8 Å². The van der Waals surface area contributed by atoms with Gasteiger partial charge in [0.1, 0.15) is 5.52 Å². The number of nitrogens with zero attached hydrogens (tertiary/aromatic N) is 1. The fraction of sp³-hybridized carbons (Fsp3) is 0.125.